The van der Waals surface area contributed by atoms with Gasteiger partial charge in [-0.2, -0.15) is 21.6 Å². The maximum atomic E-state index is 12.3. The zero-order valence-corrected chi connectivity index (χ0v) is 11.3. The summed E-state index contributed by atoms with van der Waals surface area (Å²) in [6.07, 6.45) is -3.59. The van der Waals surface area contributed by atoms with Crippen molar-refractivity contribution in [1.29, 1.82) is 0 Å². The summed E-state index contributed by atoms with van der Waals surface area (Å²) in [5, 5.41) is 3.23. The van der Waals surface area contributed by atoms with Crippen molar-refractivity contribution < 1.29 is 35.2 Å². The summed E-state index contributed by atoms with van der Waals surface area (Å²) in [6, 6.07) is 0. The maximum absolute atomic E-state index is 12.3. The average molecular weight is 319 g/mol. The Morgan fingerprint density at radius 1 is 1.45 bits per heavy atom. The third kappa shape index (κ3) is 3.52. The van der Waals surface area contributed by atoms with Crippen LogP contribution in [0.5, 0.6) is 0 Å². The Kier molecular flexibility index (Phi) is 5.21. The van der Waals surface area contributed by atoms with Gasteiger partial charge in [-0.1, -0.05) is 12.0 Å². The second-order valence-electron chi connectivity index (χ2n) is 4.01. The van der Waals surface area contributed by atoms with Crippen LogP contribution in [0.4, 0.5) is 13.2 Å². The van der Waals surface area contributed by atoms with Crippen LogP contribution in [0.3, 0.4) is 0 Å². The molecule has 1 saturated heterocycles. The van der Waals surface area contributed by atoms with Crippen molar-refractivity contribution in [3.8, 4) is 0 Å². The van der Waals surface area contributed by atoms with Crippen LogP contribution in [-0.4, -0.2) is 46.1 Å². The van der Waals surface area contributed by atoms with E-state index in [1.807, 2.05) is 0 Å². The van der Waals surface area contributed by atoms with E-state index in [0.29, 0.717) is 0 Å². The van der Waals surface area contributed by atoms with Gasteiger partial charge < -0.3 is 9.47 Å². The maximum Gasteiger partial charge on any atom is 0.523 e. The molecular weight excluding hydrogens is 307 g/mol. The fourth-order valence-corrected chi connectivity index (χ4v) is 2.35. The molecular formula is C8H12F3N3O5S. The molecule has 1 aliphatic heterocycles. The molecule has 0 spiro atoms. The molecule has 116 valence electrons. The molecule has 0 bridgehead atoms. The van der Waals surface area contributed by atoms with Gasteiger partial charge in [0.05, 0.1) is 12.6 Å². The lowest BCUT2D eigenvalue weighted by molar-refractivity contribution is -0.144. The van der Waals surface area contributed by atoms with Gasteiger partial charge in [0.2, 0.25) is 0 Å². The lowest BCUT2D eigenvalue weighted by atomic mass is 10.0. The molecule has 20 heavy (non-hydrogen) atoms. The molecule has 0 aromatic heterocycles. The minimum atomic E-state index is -5.76. The normalized spacial score (nSPS) is 31.1. The number of ether oxygens (including phenoxy) is 2. The van der Waals surface area contributed by atoms with E-state index in [1.54, 1.807) is 0 Å². The van der Waals surface area contributed by atoms with Gasteiger partial charge in [0.1, 0.15) is 6.10 Å². The van der Waals surface area contributed by atoms with E-state index in [4.69, 9.17) is 15.0 Å². The Morgan fingerprint density at radius 3 is 2.50 bits per heavy atom. The minimum Gasteiger partial charge on any atom is -0.353 e. The molecule has 1 unspecified atom stereocenters. The standard InChI is InChI=1S/C8H12F3N3O5S/c1-4-5(3-13-14-12)18-7(17-2)6(4)19-20(15,16)8(9,10)11/h4-7H,3H2,1-2H3/t4-,5+,6+,7?/m0/s1. The topological polar surface area (TPSA) is 111 Å². The van der Waals surface area contributed by atoms with Gasteiger partial charge in [0.15, 0.2) is 6.29 Å². The Bertz CT molecular complexity index is 490. The first kappa shape index (κ1) is 17.0. The number of alkyl halides is 3. The van der Waals surface area contributed by atoms with Gasteiger partial charge in [0, 0.05) is 17.9 Å². The van der Waals surface area contributed by atoms with Crippen molar-refractivity contribution in [3.63, 3.8) is 0 Å². The lowest BCUT2D eigenvalue weighted by Crippen LogP contribution is -2.37. The fourth-order valence-electron chi connectivity index (χ4n) is 1.68. The molecule has 0 aliphatic carbocycles. The van der Waals surface area contributed by atoms with Gasteiger partial charge in [-0.15, -0.1) is 0 Å². The highest BCUT2D eigenvalue weighted by Gasteiger charge is 2.53. The SMILES string of the molecule is COC1O[C@H](CN=[N+]=[N-])[C@H](C)[C@H]1OS(=O)(=O)C(F)(F)F. The second kappa shape index (κ2) is 6.14. The quantitative estimate of drug-likeness (QED) is 0.251. The van der Waals surface area contributed by atoms with Crippen LogP contribution in [0.2, 0.25) is 0 Å². The van der Waals surface area contributed by atoms with Crippen molar-refractivity contribution >= 4 is 10.1 Å². The molecule has 4 atom stereocenters. The summed E-state index contributed by atoms with van der Waals surface area (Å²) < 4.78 is 72.9. The predicted octanol–water partition coefficient (Wildman–Crippen LogP) is 1.54. The Morgan fingerprint density at radius 2 is 2.05 bits per heavy atom. The Labute approximate surface area is 112 Å². The number of rotatable bonds is 5. The van der Waals surface area contributed by atoms with Crippen molar-refractivity contribution in [3.05, 3.63) is 10.4 Å². The summed E-state index contributed by atoms with van der Waals surface area (Å²) in [7, 11) is -4.64. The third-order valence-electron chi connectivity index (χ3n) is 2.76. The minimum absolute atomic E-state index is 0.177. The first-order chi connectivity index (χ1) is 9.14. The number of nitrogens with zero attached hydrogens (tertiary/aromatic N) is 3. The smallest absolute Gasteiger partial charge is 0.353 e. The molecule has 0 aromatic carbocycles. The zero-order chi connectivity index (χ0) is 15.6. The van der Waals surface area contributed by atoms with Crippen LogP contribution in [0, 0.1) is 5.92 Å². The first-order valence-electron chi connectivity index (χ1n) is 5.32. The summed E-state index contributed by atoms with van der Waals surface area (Å²) in [4.78, 5) is 2.49. The van der Waals surface area contributed by atoms with E-state index in [1.165, 1.54) is 6.92 Å². The van der Waals surface area contributed by atoms with Crippen LogP contribution in [0.1, 0.15) is 6.92 Å². The first-order valence-corrected chi connectivity index (χ1v) is 6.73. The Balaban J connectivity index is 2.90. The molecule has 0 saturated carbocycles. The summed E-state index contributed by atoms with van der Waals surface area (Å²) in [6.45, 7) is 1.23. The van der Waals surface area contributed by atoms with Crippen LogP contribution in [-0.2, 0) is 23.8 Å². The van der Waals surface area contributed by atoms with E-state index < -0.39 is 40.0 Å². The van der Waals surface area contributed by atoms with E-state index in [9.17, 15) is 21.6 Å². The van der Waals surface area contributed by atoms with E-state index in [-0.39, 0.29) is 6.54 Å². The molecule has 1 aliphatic rings. The van der Waals surface area contributed by atoms with Crippen LogP contribution in [0.25, 0.3) is 10.4 Å². The number of halogens is 3. The highest BCUT2D eigenvalue weighted by atomic mass is 32.2. The zero-order valence-electron chi connectivity index (χ0n) is 10.4. The predicted molar refractivity (Wildman–Crippen MR) is 58.7 cm³/mol. The number of hydrogen-bond acceptors (Lipinski definition) is 6. The van der Waals surface area contributed by atoms with E-state index >= 15 is 0 Å². The van der Waals surface area contributed by atoms with Crippen LogP contribution < -0.4 is 0 Å². The number of methoxy groups -OCH3 is 1. The third-order valence-corrected chi connectivity index (χ3v) is 3.80. The van der Waals surface area contributed by atoms with Crippen LogP contribution in [0.15, 0.2) is 5.11 Å². The second-order valence-corrected chi connectivity index (χ2v) is 5.58. The monoisotopic (exact) mass is 319 g/mol. The molecule has 0 radical (unpaired) electrons. The van der Waals surface area contributed by atoms with Crippen molar-refractivity contribution in [2.45, 2.75) is 30.9 Å². The molecule has 1 rings (SSSR count). The Hall–Kier alpha value is -1.07. The summed E-state index contributed by atoms with van der Waals surface area (Å²) >= 11 is 0. The highest BCUT2D eigenvalue weighted by molar-refractivity contribution is 7.87. The van der Waals surface area contributed by atoms with Gasteiger partial charge >= 0.3 is 15.6 Å². The van der Waals surface area contributed by atoms with Crippen molar-refractivity contribution in [2.24, 2.45) is 11.0 Å². The van der Waals surface area contributed by atoms with Gasteiger partial charge in [0.25, 0.3) is 0 Å². The fraction of sp³-hybridized carbons (Fsp3) is 1.00. The van der Waals surface area contributed by atoms with Gasteiger partial charge in [-0.3, -0.25) is 4.18 Å². The van der Waals surface area contributed by atoms with E-state index in [0.717, 1.165) is 7.11 Å². The highest BCUT2D eigenvalue weighted by Crippen LogP contribution is 2.34. The molecule has 0 amide bonds. The van der Waals surface area contributed by atoms with Crippen molar-refractivity contribution in [1.82, 2.24) is 0 Å². The lowest BCUT2D eigenvalue weighted by Gasteiger charge is -2.20. The van der Waals surface area contributed by atoms with Gasteiger partial charge in [-0.25, -0.2) is 0 Å². The van der Waals surface area contributed by atoms with Crippen LogP contribution >= 0.6 is 0 Å². The average Bonchev–Trinajstić information content (AvgIpc) is 2.62. The molecule has 1 heterocycles. The molecule has 1 fully saturated rings. The largest absolute Gasteiger partial charge is 0.523 e. The summed E-state index contributed by atoms with van der Waals surface area (Å²) in [5.74, 6) is -0.775. The molecule has 12 heteroatoms. The number of azide groups is 1. The molecule has 0 N–H and O–H groups in total. The summed E-state index contributed by atoms with van der Waals surface area (Å²) in [5.41, 5.74) is 2.66. The van der Waals surface area contributed by atoms with Gasteiger partial charge in [-0.05, 0) is 5.53 Å². The van der Waals surface area contributed by atoms with Crippen molar-refractivity contribution in [2.75, 3.05) is 13.7 Å². The molecule has 8 nitrogen and oxygen atoms in total. The number of hydrogen-bond donors (Lipinski definition) is 0. The van der Waals surface area contributed by atoms with E-state index in [2.05, 4.69) is 14.2 Å². The molecule has 0 aromatic rings.